The van der Waals surface area contributed by atoms with Crippen LogP contribution >= 0.6 is 0 Å². The standard InChI is InChI=1S/C7H9N3O/c1-6-2-8-4-10-7(6)3-9-5-11/h2,4-5H,3H2,1H3,(H,9,11). The van der Waals surface area contributed by atoms with Gasteiger partial charge in [0, 0.05) is 6.20 Å². The molecule has 1 aromatic rings. The molecule has 0 unspecified atom stereocenters. The van der Waals surface area contributed by atoms with Gasteiger partial charge < -0.3 is 5.32 Å². The van der Waals surface area contributed by atoms with E-state index in [1.54, 1.807) is 6.20 Å². The molecule has 0 saturated carbocycles. The molecular weight excluding hydrogens is 142 g/mol. The number of carbonyl (C=O) groups is 1. The summed E-state index contributed by atoms with van der Waals surface area (Å²) in [5.74, 6) is 0. The Hall–Kier alpha value is -1.45. The zero-order valence-electron chi connectivity index (χ0n) is 6.24. The molecule has 0 fully saturated rings. The molecule has 0 aliphatic carbocycles. The van der Waals surface area contributed by atoms with Crippen molar-refractivity contribution >= 4 is 6.41 Å². The van der Waals surface area contributed by atoms with Gasteiger partial charge in [0.2, 0.25) is 6.41 Å². The smallest absolute Gasteiger partial charge is 0.207 e. The predicted molar refractivity (Wildman–Crippen MR) is 39.7 cm³/mol. The average molecular weight is 151 g/mol. The third kappa shape index (κ3) is 2.00. The maximum absolute atomic E-state index is 9.93. The van der Waals surface area contributed by atoms with Gasteiger partial charge in [0.15, 0.2) is 0 Å². The molecule has 0 spiro atoms. The minimum Gasteiger partial charge on any atom is -0.353 e. The summed E-state index contributed by atoms with van der Waals surface area (Å²) in [4.78, 5) is 17.7. The van der Waals surface area contributed by atoms with E-state index in [-0.39, 0.29) is 0 Å². The van der Waals surface area contributed by atoms with Crippen molar-refractivity contribution in [2.45, 2.75) is 13.5 Å². The van der Waals surface area contributed by atoms with E-state index < -0.39 is 0 Å². The fourth-order valence-electron chi connectivity index (χ4n) is 0.748. The topological polar surface area (TPSA) is 54.9 Å². The van der Waals surface area contributed by atoms with Gasteiger partial charge in [0.25, 0.3) is 0 Å². The first-order chi connectivity index (χ1) is 5.34. The van der Waals surface area contributed by atoms with Crippen molar-refractivity contribution in [2.24, 2.45) is 0 Å². The lowest BCUT2D eigenvalue weighted by Gasteiger charge is -2.00. The van der Waals surface area contributed by atoms with Crippen molar-refractivity contribution in [3.05, 3.63) is 23.8 Å². The molecule has 1 amide bonds. The van der Waals surface area contributed by atoms with Crippen LogP contribution in [0.4, 0.5) is 0 Å². The van der Waals surface area contributed by atoms with Crippen LogP contribution in [0.2, 0.25) is 0 Å². The second-order valence-electron chi connectivity index (χ2n) is 2.15. The van der Waals surface area contributed by atoms with Crippen LogP contribution in [-0.2, 0) is 11.3 Å². The lowest BCUT2D eigenvalue weighted by molar-refractivity contribution is -0.109. The maximum atomic E-state index is 9.93. The van der Waals surface area contributed by atoms with E-state index in [2.05, 4.69) is 15.3 Å². The van der Waals surface area contributed by atoms with Gasteiger partial charge in [-0.15, -0.1) is 0 Å². The molecule has 0 aliphatic rings. The largest absolute Gasteiger partial charge is 0.353 e. The van der Waals surface area contributed by atoms with Gasteiger partial charge in [0.05, 0.1) is 12.2 Å². The van der Waals surface area contributed by atoms with Crippen molar-refractivity contribution in [2.75, 3.05) is 0 Å². The molecule has 1 heterocycles. The molecular formula is C7H9N3O. The highest BCUT2D eigenvalue weighted by atomic mass is 16.1. The second kappa shape index (κ2) is 3.65. The van der Waals surface area contributed by atoms with Gasteiger partial charge >= 0.3 is 0 Å². The molecule has 0 atom stereocenters. The van der Waals surface area contributed by atoms with Gasteiger partial charge in [-0.05, 0) is 12.5 Å². The van der Waals surface area contributed by atoms with E-state index >= 15 is 0 Å². The van der Waals surface area contributed by atoms with Gasteiger partial charge in [0.1, 0.15) is 6.33 Å². The lowest BCUT2D eigenvalue weighted by atomic mass is 10.2. The summed E-state index contributed by atoms with van der Waals surface area (Å²) in [7, 11) is 0. The number of aryl methyl sites for hydroxylation is 1. The molecule has 0 bridgehead atoms. The predicted octanol–water partition coefficient (Wildman–Crippen LogP) is 0.0310. The highest BCUT2D eigenvalue weighted by molar-refractivity contribution is 5.46. The second-order valence-corrected chi connectivity index (χ2v) is 2.15. The number of hydrogen-bond acceptors (Lipinski definition) is 3. The van der Waals surface area contributed by atoms with E-state index in [9.17, 15) is 4.79 Å². The summed E-state index contributed by atoms with van der Waals surface area (Å²) in [6.45, 7) is 2.37. The van der Waals surface area contributed by atoms with Crippen LogP contribution < -0.4 is 5.32 Å². The van der Waals surface area contributed by atoms with Crippen LogP contribution in [0.5, 0.6) is 0 Å². The fraction of sp³-hybridized carbons (Fsp3) is 0.286. The van der Waals surface area contributed by atoms with Gasteiger partial charge in [-0.3, -0.25) is 4.79 Å². The number of nitrogens with zero attached hydrogens (tertiary/aromatic N) is 2. The van der Waals surface area contributed by atoms with Crippen LogP contribution in [0.3, 0.4) is 0 Å². The normalized spacial score (nSPS) is 9.18. The Morgan fingerprint density at radius 1 is 1.73 bits per heavy atom. The Morgan fingerprint density at radius 3 is 3.18 bits per heavy atom. The molecule has 0 radical (unpaired) electrons. The third-order valence-electron chi connectivity index (χ3n) is 1.36. The van der Waals surface area contributed by atoms with Crippen LogP contribution in [0.15, 0.2) is 12.5 Å². The maximum Gasteiger partial charge on any atom is 0.207 e. The summed E-state index contributed by atoms with van der Waals surface area (Å²) < 4.78 is 0. The summed E-state index contributed by atoms with van der Waals surface area (Å²) in [5.41, 5.74) is 1.84. The number of aromatic nitrogens is 2. The van der Waals surface area contributed by atoms with Crippen molar-refractivity contribution in [1.29, 1.82) is 0 Å². The Kier molecular flexibility index (Phi) is 2.54. The highest BCUT2D eigenvalue weighted by Crippen LogP contribution is 1.98. The monoisotopic (exact) mass is 151 g/mol. The molecule has 0 saturated heterocycles. The van der Waals surface area contributed by atoms with Crippen molar-refractivity contribution < 1.29 is 4.79 Å². The molecule has 58 valence electrons. The quantitative estimate of drug-likeness (QED) is 0.620. The summed E-state index contributed by atoms with van der Waals surface area (Å²) in [6.07, 6.45) is 3.84. The van der Waals surface area contributed by atoms with E-state index in [1.807, 2.05) is 6.92 Å². The van der Waals surface area contributed by atoms with Crippen molar-refractivity contribution in [3.8, 4) is 0 Å². The number of amides is 1. The Balaban J connectivity index is 2.69. The molecule has 1 aromatic heterocycles. The lowest BCUT2D eigenvalue weighted by Crippen LogP contribution is -2.12. The third-order valence-corrected chi connectivity index (χ3v) is 1.36. The minimum atomic E-state index is 0.470. The van der Waals surface area contributed by atoms with E-state index in [0.29, 0.717) is 13.0 Å². The Morgan fingerprint density at radius 2 is 2.55 bits per heavy atom. The molecule has 0 aliphatic heterocycles. The molecule has 1 rings (SSSR count). The zero-order chi connectivity index (χ0) is 8.10. The number of nitrogens with one attached hydrogen (secondary N) is 1. The number of hydrogen-bond donors (Lipinski definition) is 1. The SMILES string of the molecule is Cc1cncnc1CNC=O. The number of carbonyl (C=O) groups excluding carboxylic acids is 1. The summed E-state index contributed by atoms with van der Waals surface area (Å²) >= 11 is 0. The zero-order valence-corrected chi connectivity index (χ0v) is 6.24. The highest BCUT2D eigenvalue weighted by Gasteiger charge is 1.95. The van der Waals surface area contributed by atoms with E-state index in [4.69, 9.17) is 0 Å². The van der Waals surface area contributed by atoms with Crippen LogP contribution in [0.1, 0.15) is 11.3 Å². The molecule has 0 aromatic carbocycles. The Bertz CT molecular complexity index is 249. The van der Waals surface area contributed by atoms with Crippen LogP contribution in [0.25, 0.3) is 0 Å². The molecule has 11 heavy (non-hydrogen) atoms. The summed E-state index contributed by atoms with van der Waals surface area (Å²) in [5, 5.41) is 2.53. The molecule has 1 N–H and O–H groups in total. The van der Waals surface area contributed by atoms with E-state index in [1.165, 1.54) is 6.33 Å². The number of rotatable bonds is 3. The Labute approximate surface area is 64.7 Å². The summed E-state index contributed by atoms with van der Waals surface area (Å²) in [6, 6.07) is 0. The first kappa shape index (κ1) is 7.65. The first-order valence-electron chi connectivity index (χ1n) is 3.27. The first-order valence-corrected chi connectivity index (χ1v) is 3.27. The minimum absolute atomic E-state index is 0.470. The average Bonchev–Trinajstić information content (AvgIpc) is 2.03. The van der Waals surface area contributed by atoms with Crippen LogP contribution in [0, 0.1) is 6.92 Å². The fourth-order valence-corrected chi connectivity index (χ4v) is 0.748. The van der Waals surface area contributed by atoms with E-state index in [0.717, 1.165) is 11.3 Å². The van der Waals surface area contributed by atoms with Crippen molar-refractivity contribution in [3.63, 3.8) is 0 Å². The van der Waals surface area contributed by atoms with Crippen molar-refractivity contribution in [1.82, 2.24) is 15.3 Å². The van der Waals surface area contributed by atoms with Gasteiger partial charge in [-0.2, -0.15) is 0 Å². The molecule has 4 nitrogen and oxygen atoms in total. The van der Waals surface area contributed by atoms with Gasteiger partial charge in [-0.1, -0.05) is 0 Å². The van der Waals surface area contributed by atoms with Crippen LogP contribution in [-0.4, -0.2) is 16.4 Å². The molecule has 4 heteroatoms. The van der Waals surface area contributed by atoms with Gasteiger partial charge in [-0.25, -0.2) is 9.97 Å².